The molecule has 0 aromatic carbocycles. The lowest BCUT2D eigenvalue weighted by Crippen LogP contribution is -2.32. The normalized spacial score (nSPS) is 16.2. The third-order valence-electron chi connectivity index (χ3n) is 5.30. The molecule has 0 aliphatic carbocycles. The molecular formula is C22H29N3OS2. The largest absolute Gasteiger partial charge is 0.370 e. The van der Waals surface area contributed by atoms with Gasteiger partial charge in [-0.3, -0.25) is 0 Å². The van der Waals surface area contributed by atoms with E-state index in [2.05, 4.69) is 39.6 Å². The van der Waals surface area contributed by atoms with E-state index in [1.165, 1.54) is 33.3 Å². The first-order valence-corrected chi connectivity index (χ1v) is 12.0. The van der Waals surface area contributed by atoms with Crippen LogP contribution in [0.4, 0.5) is 0 Å². The van der Waals surface area contributed by atoms with Gasteiger partial charge in [-0.1, -0.05) is 27.2 Å². The molecule has 0 bridgehead atoms. The standard InChI is InChI=1S/C22H29N3OS2/c1-6-7-16-15-11-26-22(4,5)10-14(15)17-18-19(28-20(17)25-16)21(24-12-23-18)27-9-8-13(2)3/h12-13H,6-11H2,1-5H3. The van der Waals surface area contributed by atoms with Crippen LogP contribution in [0.15, 0.2) is 11.4 Å². The van der Waals surface area contributed by atoms with Gasteiger partial charge in [0, 0.05) is 23.1 Å². The van der Waals surface area contributed by atoms with Crippen molar-refractivity contribution < 1.29 is 4.74 Å². The minimum absolute atomic E-state index is 0.152. The van der Waals surface area contributed by atoms with Crippen LogP contribution >= 0.6 is 23.1 Å². The lowest BCUT2D eigenvalue weighted by Gasteiger charge is -2.33. The highest BCUT2D eigenvalue weighted by Gasteiger charge is 2.31. The fourth-order valence-corrected chi connectivity index (χ4v) is 6.29. The molecular weight excluding hydrogens is 386 g/mol. The van der Waals surface area contributed by atoms with Crippen LogP contribution in [-0.4, -0.2) is 26.3 Å². The van der Waals surface area contributed by atoms with E-state index < -0.39 is 0 Å². The Hall–Kier alpha value is -1.24. The fraction of sp³-hybridized carbons (Fsp3) is 0.591. The molecule has 1 aliphatic rings. The summed E-state index contributed by atoms with van der Waals surface area (Å²) in [5.74, 6) is 1.80. The molecule has 0 saturated carbocycles. The average Bonchev–Trinajstić information content (AvgIpc) is 3.00. The van der Waals surface area contributed by atoms with E-state index in [1.807, 2.05) is 11.8 Å². The van der Waals surface area contributed by atoms with Crippen molar-refractivity contribution in [2.24, 2.45) is 5.92 Å². The molecule has 0 spiro atoms. The van der Waals surface area contributed by atoms with E-state index in [1.54, 1.807) is 17.7 Å². The lowest BCUT2D eigenvalue weighted by atomic mass is 9.88. The number of thioether (sulfide) groups is 1. The summed E-state index contributed by atoms with van der Waals surface area (Å²) in [6.45, 7) is 11.8. The first kappa shape index (κ1) is 20.0. The maximum atomic E-state index is 6.14. The summed E-state index contributed by atoms with van der Waals surface area (Å²) in [6, 6.07) is 0. The number of fused-ring (bicyclic) bond motifs is 5. The molecule has 28 heavy (non-hydrogen) atoms. The minimum Gasteiger partial charge on any atom is -0.370 e. The van der Waals surface area contributed by atoms with E-state index in [9.17, 15) is 0 Å². The smallest absolute Gasteiger partial charge is 0.126 e. The van der Waals surface area contributed by atoms with Gasteiger partial charge >= 0.3 is 0 Å². The van der Waals surface area contributed by atoms with Crippen molar-refractivity contribution in [3.63, 3.8) is 0 Å². The van der Waals surface area contributed by atoms with Gasteiger partial charge in [0.25, 0.3) is 0 Å². The number of rotatable bonds is 6. The molecule has 4 heterocycles. The van der Waals surface area contributed by atoms with Gasteiger partial charge in [-0.15, -0.1) is 23.1 Å². The molecule has 0 atom stereocenters. The highest BCUT2D eigenvalue weighted by molar-refractivity contribution is 7.99. The molecule has 150 valence electrons. The maximum Gasteiger partial charge on any atom is 0.126 e. The van der Waals surface area contributed by atoms with Gasteiger partial charge < -0.3 is 4.74 Å². The van der Waals surface area contributed by atoms with Crippen molar-refractivity contribution in [3.8, 4) is 0 Å². The Balaban J connectivity index is 1.88. The second kappa shape index (κ2) is 7.88. The maximum absolute atomic E-state index is 6.14. The highest BCUT2D eigenvalue weighted by Crippen LogP contribution is 2.42. The van der Waals surface area contributed by atoms with Gasteiger partial charge in [-0.2, -0.15) is 0 Å². The monoisotopic (exact) mass is 415 g/mol. The lowest BCUT2D eigenvalue weighted by molar-refractivity contribution is -0.0401. The Morgan fingerprint density at radius 1 is 1.25 bits per heavy atom. The molecule has 0 unspecified atom stereocenters. The Labute approximate surface area is 175 Å². The van der Waals surface area contributed by atoms with E-state index in [0.717, 1.165) is 40.4 Å². The molecule has 3 aromatic heterocycles. The van der Waals surface area contributed by atoms with Crippen LogP contribution < -0.4 is 0 Å². The number of pyridine rings is 1. The SMILES string of the molecule is CCCc1nc2sc3c(SCCC(C)C)ncnc3c2c2c1COC(C)(C)C2. The molecule has 0 N–H and O–H groups in total. The number of thiophene rings is 1. The Kier molecular flexibility index (Phi) is 5.64. The van der Waals surface area contributed by atoms with Crippen molar-refractivity contribution >= 4 is 43.5 Å². The number of ether oxygens (including phenoxy) is 1. The Morgan fingerprint density at radius 2 is 2.07 bits per heavy atom. The predicted octanol–water partition coefficient (Wildman–Crippen LogP) is 6.18. The van der Waals surface area contributed by atoms with Crippen LogP contribution in [0.2, 0.25) is 0 Å². The van der Waals surface area contributed by atoms with Gasteiger partial charge in [-0.25, -0.2) is 15.0 Å². The van der Waals surface area contributed by atoms with Crippen molar-refractivity contribution in [2.45, 2.75) is 77.5 Å². The van der Waals surface area contributed by atoms with Crippen molar-refractivity contribution in [1.82, 2.24) is 15.0 Å². The second-order valence-corrected chi connectivity index (χ2v) is 10.7. The molecule has 0 radical (unpaired) electrons. The quantitative estimate of drug-likeness (QED) is 0.355. The first-order valence-electron chi connectivity index (χ1n) is 10.2. The van der Waals surface area contributed by atoms with Crippen LogP contribution in [0.25, 0.3) is 20.4 Å². The molecule has 3 aromatic rings. The zero-order valence-electron chi connectivity index (χ0n) is 17.5. The number of hydrogen-bond donors (Lipinski definition) is 0. The fourth-order valence-electron chi connectivity index (χ4n) is 3.79. The van der Waals surface area contributed by atoms with Crippen LogP contribution in [0.3, 0.4) is 0 Å². The number of hydrogen-bond acceptors (Lipinski definition) is 6. The van der Waals surface area contributed by atoms with Crippen LogP contribution in [-0.2, 0) is 24.2 Å². The number of aromatic nitrogens is 3. The van der Waals surface area contributed by atoms with E-state index in [0.29, 0.717) is 12.5 Å². The third kappa shape index (κ3) is 3.79. The summed E-state index contributed by atoms with van der Waals surface area (Å²) in [5, 5.41) is 2.34. The van der Waals surface area contributed by atoms with Gasteiger partial charge in [0.2, 0.25) is 0 Å². The summed E-state index contributed by atoms with van der Waals surface area (Å²) in [7, 11) is 0. The zero-order chi connectivity index (χ0) is 19.9. The van der Waals surface area contributed by atoms with Crippen LogP contribution in [0.1, 0.15) is 64.3 Å². The summed E-state index contributed by atoms with van der Waals surface area (Å²) >= 11 is 3.61. The van der Waals surface area contributed by atoms with Gasteiger partial charge in [0.1, 0.15) is 16.2 Å². The molecule has 4 rings (SSSR count). The molecule has 0 amide bonds. The van der Waals surface area contributed by atoms with E-state index >= 15 is 0 Å². The van der Waals surface area contributed by atoms with Crippen molar-refractivity contribution in [1.29, 1.82) is 0 Å². The topological polar surface area (TPSA) is 47.9 Å². The van der Waals surface area contributed by atoms with Crippen LogP contribution in [0.5, 0.6) is 0 Å². The molecule has 0 fully saturated rings. The summed E-state index contributed by atoms with van der Waals surface area (Å²) in [6.07, 6.45) is 5.92. The number of aryl methyl sites for hydroxylation is 1. The third-order valence-corrected chi connectivity index (χ3v) is 7.53. The average molecular weight is 416 g/mol. The van der Waals surface area contributed by atoms with Crippen LogP contribution in [0, 0.1) is 5.92 Å². The predicted molar refractivity (Wildman–Crippen MR) is 119 cm³/mol. The molecule has 6 heteroatoms. The second-order valence-electron chi connectivity index (χ2n) is 8.66. The molecule has 1 aliphatic heterocycles. The van der Waals surface area contributed by atoms with Gasteiger partial charge in [0.15, 0.2) is 0 Å². The Morgan fingerprint density at radius 3 is 2.82 bits per heavy atom. The van der Waals surface area contributed by atoms with Crippen molar-refractivity contribution in [3.05, 3.63) is 23.1 Å². The van der Waals surface area contributed by atoms with E-state index in [4.69, 9.17) is 14.7 Å². The number of nitrogens with zero attached hydrogens (tertiary/aromatic N) is 3. The summed E-state index contributed by atoms with van der Waals surface area (Å²) in [4.78, 5) is 15.5. The Bertz CT molecular complexity index is 1010. The zero-order valence-corrected chi connectivity index (χ0v) is 19.1. The van der Waals surface area contributed by atoms with Gasteiger partial charge in [0.05, 0.1) is 22.4 Å². The van der Waals surface area contributed by atoms with Gasteiger partial charge in [-0.05, 0) is 43.9 Å². The summed E-state index contributed by atoms with van der Waals surface area (Å²) in [5.41, 5.74) is 4.82. The molecule has 0 saturated heterocycles. The highest BCUT2D eigenvalue weighted by atomic mass is 32.2. The molecule has 4 nitrogen and oxygen atoms in total. The summed E-state index contributed by atoms with van der Waals surface area (Å²) < 4.78 is 7.34. The first-order chi connectivity index (χ1) is 13.4. The minimum atomic E-state index is -0.152. The van der Waals surface area contributed by atoms with E-state index in [-0.39, 0.29) is 5.60 Å². The van der Waals surface area contributed by atoms with Crippen molar-refractivity contribution in [2.75, 3.05) is 5.75 Å².